The second-order valence-electron chi connectivity index (χ2n) is 8.66. The molecule has 0 aliphatic rings. The summed E-state index contributed by atoms with van der Waals surface area (Å²) in [6, 6.07) is 9.76. The summed E-state index contributed by atoms with van der Waals surface area (Å²) in [6.07, 6.45) is 15.7. The fourth-order valence-corrected chi connectivity index (χ4v) is 4.23. The molecule has 0 saturated carbocycles. The zero-order valence-corrected chi connectivity index (χ0v) is 19.4. The topological polar surface area (TPSA) is 40.5 Å². The number of unbranched alkanes of at least 4 members (excludes halogenated alkanes) is 11. The van der Waals surface area contributed by atoms with E-state index in [1.54, 1.807) is 6.92 Å². The van der Waals surface area contributed by atoms with Gasteiger partial charge in [0.25, 0.3) is 0 Å². The van der Waals surface area contributed by atoms with Crippen LogP contribution in [-0.2, 0) is 4.79 Å². The summed E-state index contributed by atoms with van der Waals surface area (Å²) in [4.78, 5) is 14.2. The van der Waals surface area contributed by atoms with Crippen molar-refractivity contribution >= 4 is 22.4 Å². The van der Waals surface area contributed by atoms with E-state index >= 15 is 0 Å². The summed E-state index contributed by atoms with van der Waals surface area (Å²) in [7, 11) is 0. The lowest BCUT2D eigenvalue weighted by atomic mass is 10.0. The summed E-state index contributed by atoms with van der Waals surface area (Å²) >= 11 is 0. The van der Waals surface area contributed by atoms with Crippen molar-refractivity contribution in [2.75, 3.05) is 11.4 Å². The van der Waals surface area contributed by atoms with E-state index < -0.39 is 0 Å². The molecule has 0 fully saturated rings. The Morgan fingerprint density at radius 1 is 0.800 bits per heavy atom. The Hall–Kier alpha value is -2.03. The lowest BCUT2D eigenvalue weighted by Gasteiger charge is -2.23. The van der Waals surface area contributed by atoms with Gasteiger partial charge >= 0.3 is 0 Å². The first-order valence-electron chi connectivity index (χ1n) is 12.1. The van der Waals surface area contributed by atoms with Crippen LogP contribution >= 0.6 is 0 Å². The molecule has 30 heavy (non-hydrogen) atoms. The number of anilines is 1. The summed E-state index contributed by atoms with van der Waals surface area (Å²) < 4.78 is 0. The Balaban J connectivity index is 1.75. The van der Waals surface area contributed by atoms with Gasteiger partial charge in [-0.2, -0.15) is 0 Å². The average molecular weight is 412 g/mol. The fourth-order valence-electron chi connectivity index (χ4n) is 4.23. The van der Waals surface area contributed by atoms with Crippen LogP contribution in [-0.4, -0.2) is 17.6 Å². The van der Waals surface area contributed by atoms with Gasteiger partial charge in [-0.1, -0.05) is 102 Å². The second kappa shape index (κ2) is 13.3. The lowest BCUT2D eigenvalue weighted by Crippen LogP contribution is -2.29. The quantitative estimate of drug-likeness (QED) is 0.321. The average Bonchev–Trinajstić information content (AvgIpc) is 2.74. The molecule has 2 aromatic carbocycles. The molecule has 0 aliphatic carbocycles. The molecule has 2 aromatic rings. The molecule has 0 radical (unpaired) electrons. The van der Waals surface area contributed by atoms with Gasteiger partial charge in [0.1, 0.15) is 5.75 Å². The molecule has 0 unspecified atom stereocenters. The number of hydrogen-bond acceptors (Lipinski definition) is 2. The van der Waals surface area contributed by atoms with E-state index in [1.807, 2.05) is 42.2 Å². The zero-order valence-electron chi connectivity index (χ0n) is 19.4. The van der Waals surface area contributed by atoms with Crippen LogP contribution in [0.2, 0.25) is 0 Å². The highest BCUT2D eigenvalue weighted by Gasteiger charge is 2.15. The highest BCUT2D eigenvalue weighted by molar-refractivity contribution is 6.05. The summed E-state index contributed by atoms with van der Waals surface area (Å²) in [5.74, 6) is 0.369. The van der Waals surface area contributed by atoms with Crippen LogP contribution in [0.3, 0.4) is 0 Å². The van der Waals surface area contributed by atoms with Crippen molar-refractivity contribution < 1.29 is 9.90 Å². The Morgan fingerprint density at radius 3 is 1.93 bits per heavy atom. The van der Waals surface area contributed by atoms with Crippen molar-refractivity contribution in [2.24, 2.45) is 0 Å². The summed E-state index contributed by atoms with van der Waals surface area (Å²) in [5, 5.41) is 12.1. The molecule has 0 aliphatic heterocycles. The van der Waals surface area contributed by atoms with Crippen molar-refractivity contribution in [1.29, 1.82) is 0 Å². The van der Waals surface area contributed by atoms with Crippen LogP contribution in [0.15, 0.2) is 30.3 Å². The van der Waals surface area contributed by atoms with Crippen LogP contribution in [0.25, 0.3) is 10.8 Å². The van der Waals surface area contributed by atoms with Gasteiger partial charge in [-0.05, 0) is 25.0 Å². The van der Waals surface area contributed by atoms with Crippen LogP contribution < -0.4 is 4.90 Å². The molecular formula is C27H41NO2. The lowest BCUT2D eigenvalue weighted by molar-refractivity contribution is -0.116. The normalized spacial score (nSPS) is 11.2. The van der Waals surface area contributed by atoms with Gasteiger partial charge in [-0.3, -0.25) is 4.79 Å². The Morgan fingerprint density at radius 2 is 1.37 bits per heavy atom. The van der Waals surface area contributed by atoms with Crippen LogP contribution in [0.5, 0.6) is 5.75 Å². The molecule has 3 heteroatoms. The Bertz CT molecular complexity index is 784. The number of fused-ring (bicyclic) bond motifs is 1. The van der Waals surface area contributed by atoms with Gasteiger partial charge in [0.15, 0.2) is 0 Å². The number of aromatic hydroxyl groups is 1. The molecule has 2 rings (SSSR count). The fraction of sp³-hybridized carbons (Fsp3) is 0.593. The molecule has 0 atom stereocenters. The molecule has 0 heterocycles. The molecule has 0 bridgehead atoms. The van der Waals surface area contributed by atoms with Crippen molar-refractivity contribution in [2.45, 2.75) is 97.8 Å². The molecule has 3 nitrogen and oxygen atoms in total. The van der Waals surface area contributed by atoms with Crippen molar-refractivity contribution in [3.8, 4) is 5.75 Å². The first-order chi connectivity index (χ1) is 14.6. The van der Waals surface area contributed by atoms with Crippen molar-refractivity contribution in [3.63, 3.8) is 0 Å². The third-order valence-corrected chi connectivity index (χ3v) is 6.12. The van der Waals surface area contributed by atoms with Gasteiger partial charge in [0, 0.05) is 24.2 Å². The van der Waals surface area contributed by atoms with Gasteiger partial charge in [-0.15, -0.1) is 0 Å². The highest BCUT2D eigenvalue weighted by atomic mass is 16.3. The monoisotopic (exact) mass is 411 g/mol. The van der Waals surface area contributed by atoms with E-state index in [-0.39, 0.29) is 5.91 Å². The van der Waals surface area contributed by atoms with E-state index in [1.165, 1.54) is 64.2 Å². The van der Waals surface area contributed by atoms with E-state index in [9.17, 15) is 9.90 Å². The van der Waals surface area contributed by atoms with E-state index in [0.717, 1.165) is 41.4 Å². The third kappa shape index (κ3) is 7.34. The zero-order chi connectivity index (χ0) is 21.8. The molecule has 0 saturated heterocycles. The largest absolute Gasteiger partial charge is 0.507 e. The second-order valence-corrected chi connectivity index (χ2v) is 8.66. The smallest absolute Gasteiger partial charge is 0.223 e. The summed E-state index contributed by atoms with van der Waals surface area (Å²) in [6.45, 7) is 6.54. The van der Waals surface area contributed by atoms with Gasteiger partial charge in [0.05, 0.1) is 5.69 Å². The Labute approximate surface area is 183 Å². The van der Waals surface area contributed by atoms with Crippen molar-refractivity contribution in [3.05, 3.63) is 35.9 Å². The number of nitrogens with zero attached hydrogens (tertiary/aromatic N) is 1. The number of amides is 1. The molecule has 0 aromatic heterocycles. The number of phenolic OH excluding ortho intramolecular Hbond substituents is 1. The number of benzene rings is 2. The number of aryl methyl sites for hydroxylation is 1. The maximum absolute atomic E-state index is 12.3. The first kappa shape index (κ1) is 24.2. The van der Waals surface area contributed by atoms with E-state index in [4.69, 9.17) is 0 Å². The van der Waals surface area contributed by atoms with E-state index in [2.05, 4.69) is 6.92 Å². The van der Waals surface area contributed by atoms with Crippen LogP contribution in [0.1, 0.15) is 96.5 Å². The number of carbonyl (C=O) groups is 1. The molecule has 1 amide bonds. The van der Waals surface area contributed by atoms with Crippen molar-refractivity contribution in [1.82, 2.24) is 0 Å². The summed E-state index contributed by atoms with van der Waals surface area (Å²) in [5.41, 5.74) is 1.76. The molecule has 166 valence electrons. The number of carbonyl (C=O) groups excluding carboxylic acids is 1. The van der Waals surface area contributed by atoms with Gasteiger partial charge in [0.2, 0.25) is 5.91 Å². The third-order valence-electron chi connectivity index (χ3n) is 6.12. The predicted octanol–water partition coefficient (Wildman–Crippen LogP) is 7.91. The minimum Gasteiger partial charge on any atom is -0.507 e. The predicted molar refractivity (Wildman–Crippen MR) is 129 cm³/mol. The van der Waals surface area contributed by atoms with Crippen LogP contribution in [0.4, 0.5) is 5.69 Å². The van der Waals surface area contributed by atoms with E-state index in [0.29, 0.717) is 5.75 Å². The highest BCUT2D eigenvalue weighted by Crippen LogP contribution is 2.34. The molecular weight excluding hydrogens is 370 g/mol. The molecule has 0 spiro atoms. The van der Waals surface area contributed by atoms with Gasteiger partial charge < -0.3 is 10.0 Å². The molecule has 1 N–H and O–H groups in total. The number of hydrogen-bond donors (Lipinski definition) is 1. The Kier molecular flexibility index (Phi) is 10.8. The van der Waals surface area contributed by atoms with Gasteiger partial charge in [-0.25, -0.2) is 0 Å². The van der Waals surface area contributed by atoms with Crippen LogP contribution in [0, 0.1) is 6.92 Å². The number of phenols is 1. The minimum atomic E-state index is 0.0608. The SMILES string of the molecule is CCCCCCCCCCCCCCN(C(C)=O)c1cccc2c(O)c(C)ccc12. The minimum absolute atomic E-state index is 0.0608. The first-order valence-corrected chi connectivity index (χ1v) is 12.1. The number of rotatable bonds is 14. The maximum Gasteiger partial charge on any atom is 0.223 e. The maximum atomic E-state index is 12.3. The standard InChI is InChI=1S/C27H41NO2/c1-4-5-6-7-8-9-10-11-12-13-14-15-21-28(23(3)29)26-18-16-17-25-24(26)20-19-22(2)27(25)30/h16-20,30H,4-15,21H2,1-3H3.